The second-order valence-corrected chi connectivity index (χ2v) is 4.93. The van der Waals surface area contributed by atoms with Gasteiger partial charge in [-0.05, 0) is 6.42 Å². The second-order valence-electron chi connectivity index (χ2n) is 3.94. The van der Waals surface area contributed by atoms with E-state index in [2.05, 4.69) is 5.32 Å². The van der Waals surface area contributed by atoms with E-state index in [1.165, 1.54) is 0 Å². The fourth-order valence-electron chi connectivity index (χ4n) is 1.21. The zero-order valence-electron chi connectivity index (χ0n) is 10.4. The number of carbonyl (C=O) groups is 3. The van der Waals surface area contributed by atoms with Crippen LogP contribution in [0.2, 0.25) is 0 Å². The highest BCUT2D eigenvalue weighted by molar-refractivity contribution is 8.14. The Balaban J connectivity index is 2.12. The molecule has 1 N–H and O–H groups in total. The summed E-state index contributed by atoms with van der Waals surface area (Å²) in [6.45, 7) is 3.73. The zero-order valence-corrected chi connectivity index (χ0v) is 11.2. The first-order valence-electron chi connectivity index (χ1n) is 5.81. The first-order chi connectivity index (χ1) is 8.54. The summed E-state index contributed by atoms with van der Waals surface area (Å²) in [5, 5.41) is 2.25. The van der Waals surface area contributed by atoms with Crippen molar-refractivity contribution in [3.05, 3.63) is 0 Å². The van der Waals surface area contributed by atoms with Gasteiger partial charge in [0.2, 0.25) is 0 Å². The third kappa shape index (κ3) is 4.56. The lowest BCUT2D eigenvalue weighted by Gasteiger charge is -2.11. The second kappa shape index (κ2) is 7.25. The van der Waals surface area contributed by atoms with Gasteiger partial charge in [-0.3, -0.25) is 9.59 Å². The third-order valence-electron chi connectivity index (χ3n) is 2.54. The van der Waals surface area contributed by atoms with Crippen LogP contribution in [0.4, 0.5) is 4.79 Å². The van der Waals surface area contributed by atoms with Crippen LogP contribution in [0.5, 0.6) is 0 Å². The molecule has 2 unspecified atom stereocenters. The Morgan fingerprint density at radius 3 is 2.67 bits per heavy atom. The third-order valence-corrected chi connectivity index (χ3v) is 3.42. The van der Waals surface area contributed by atoms with E-state index in [0.717, 1.165) is 11.8 Å². The molecule has 1 aliphatic heterocycles. The lowest BCUT2D eigenvalue weighted by molar-refractivity contribution is -0.155. The van der Waals surface area contributed by atoms with E-state index in [-0.39, 0.29) is 30.3 Å². The van der Waals surface area contributed by atoms with Gasteiger partial charge in [0.05, 0.1) is 5.92 Å². The topological polar surface area (TPSA) is 81.7 Å². The minimum absolute atomic E-state index is 0.0119. The molecule has 0 saturated carbocycles. The number of carbonyl (C=O) groups excluding carboxylic acids is 3. The van der Waals surface area contributed by atoms with Gasteiger partial charge in [-0.1, -0.05) is 25.6 Å². The SMILES string of the molecule is CCC(C)C(=O)OCCOC(=O)C1CSC(=O)N1. The number of esters is 2. The molecule has 1 amide bonds. The van der Waals surface area contributed by atoms with Crippen molar-refractivity contribution in [1.29, 1.82) is 0 Å². The minimum atomic E-state index is -0.590. The van der Waals surface area contributed by atoms with Crippen molar-refractivity contribution >= 4 is 28.9 Å². The van der Waals surface area contributed by atoms with Gasteiger partial charge in [-0.2, -0.15) is 0 Å². The van der Waals surface area contributed by atoms with E-state index in [9.17, 15) is 14.4 Å². The smallest absolute Gasteiger partial charge is 0.329 e. The van der Waals surface area contributed by atoms with Crippen LogP contribution in [0.1, 0.15) is 20.3 Å². The van der Waals surface area contributed by atoms with Crippen LogP contribution in [0.25, 0.3) is 0 Å². The average Bonchev–Trinajstić information content (AvgIpc) is 2.79. The standard InChI is InChI=1S/C11H17NO5S/c1-3-7(2)9(13)16-4-5-17-10(14)8-6-18-11(15)12-8/h7-8H,3-6H2,1-2H3,(H,12,15). The van der Waals surface area contributed by atoms with Crippen molar-refractivity contribution in [1.82, 2.24) is 5.32 Å². The zero-order chi connectivity index (χ0) is 13.5. The molecule has 0 aromatic carbocycles. The molecular weight excluding hydrogens is 258 g/mol. The van der Waals surface area contributed by atoms with Crippen molar-refractivity contribution < 1.29 is 23.9 Å². The van der Waals surface area contributed by atoms with Gasteiger partial charge < -0.3 is 14.8 Å². The van der Waals surface area contributed by atoms with Crippen LogP contribution in [0.3, 0.4) is 0 Å². The lowest BCUT2D eigenvalue weighted by atomic mass is 10.1. The highest BCUT2D eigenvalue weighted by atomic mass is 32.2. The molecule has 18 heavy (non-hydrogen) atoms. The quantitative estimate of drug-likeness (QED) is 0.574. The minimum Gasteiger partial charge on any atom is -0.462 e. The number of hydrogen-bond acceptors (Lipinski definition) is 6. The monoisotopic (exact) mass is 275 g/mol. The van der Waals surface area contributed by atoms with Crippen molar-refractivity contribution in [3.8, 4) is 0 Å². The summed E-state index contributed by atoms with van der Waals surface area (Å²) in [4.78, 5) is 33.6. The molecule has 0 radical (unpaired) electrons. The van der Waals surface area contributed by atoms with E-state index in [4.69, 9.17) is 9.47 Å². The van der Waals surface area contributed by atoms with Gasteiger partial charge in [0.15, 0.2) is 0 Å². The van der Waals surface area contributed by atoms with Crippen molar-refractivity contribution in [3.63, 3.8) is 0 Å². The van der Waals surface area contributed by atoms with Crippen molar-refractivity contribution in [2.75, 3.05) is 19.0 Å². The van der Waals surface area contributed by atoms with Gasteiger partial charge in [0.25, 0.3) is 5.24 Å². The van der Waals surface area contributed by atoms with Crippen LogP contribution < -0.4 is 5.32 Å². The van der Waals surface area contributed by atoms with Gasteiger partial charge in [-0.25, -0.2) is 4.79 Å². The average molecular weight is 275 g/mol. The molecule has 1 heterocycles. The number of ether oxygens (including phenoxy) is 2. The first-order valence-corrected chi connectivity index (χ1v) is 6.79. The van der Waals surface area contributed by atoms with Crippen molar-refractivity contribution in [2.45, 2.75) is 26.3 Å². The number of rotatable bonds is 6. The Morgan fingerprint density at radius 1 is 1.44 bits per heavy atom. The predicted octanol–water partition coefficient (Wildman–Crippen LogP) is 0.944. The summed E-state index contributed by atoms with van der Waals surface area (Å²) in [5.74, 6) is -0.554. The normalized spacial score (nSPS) is 20.1. The summed E-state index contributed by atoms with van der Waals surface area (Å²) in [6.07, 6.45) is 0.712. The molecule has 0 aliphatic carbocycles. The highest BCUT2D eigenvalue weighted by Crippen LogP contribution is 2.13. The fourth-order valence-corrected chi connectivity index (χ4v) is 1.97. The molecule has 6 nitrogen and oxygen atoms in total. The molecule has 1 saturated heterocycles. The molecular formula is C11H17NO5S. The largest absolute Gasteiger partial charge is 0.462 e. The van der Waals surface area contributed by atoms with Crippen LogP contribution >= 0.6 is 11.8 Å². The number of hydrogen-bond donors (Lipinski definition) is 1. The first kappa shape index (κ1) is 14.8. The molecule has 7 heteroatoms. The fraction of sp³-hybridized carbons (Fsp3) is 0.727. The molecule has 1 rings (SSSR count). The predicted molar refractivity (Wildman–Crippen MR) is 66.2 cm³/mol. The van der Waals surface area contributed by atoms with E-state index in [1.807, 2.05) is 6.92 Å². The molecule has 1 fully saturated rings. The van der Waals surface area contributed by atoms with Crippen LogP contribution in [0, 0.1) is 5.92 Å². The highest BCUT2D eigenvalue weighted by Gasteiger charge is 2.29. The number of amides is 1. The number of thioether (sulfide) groups is 1. The van der Waals surface area contributed by atoms with Gasteiger partial charge in [-0.15, -0.1) is 0 Å². The van der Waals surface area contributed by atoms with Gasteiger partial charge >= 0.3 is 11.9 Å². The summed E-state index contributed by atoms with van der Waals surface area (Å²) in [7, 11) is 0. The van der Waals surface area contributed by atoms with Crippen molar-refractivity contribution in [2.24, 2.45) is 5.92 Å². The maximum atomic E-state index is 11.4. The Labute approximate surface area is 110 Å². The Morgan fingerprint density at radius 2 is 2.11 bits per heavy atom. The van der Waals surface area contributed by atoms with E-state index in [1.54, 1.807) is 6.92 Å². The van der Waals surface area contributed by atoms with E-state index >= 15 is 0 Å². The molecule has 0 bridgehead atoms. The molecule has 0 aromatic rings. The van der Waals surface area contributed by atoms with E-state index < -0.39 is 12.0 Å². The summed E-state index contributed by atoms with van der Waals surface area (Å²) >= 11 is 1.05. The Hall–Kier alpha value is -1.24. The molecule has 0 aromatic heterocycles. The Bertz CT molecular complexity index is 333. The Kier molecular flexibility index (Phi) is 5.97. The van der Waals surface area contributed by atoms with Crippen LogP contribution in [-0.2, 0) is 19.1 Å². The summed E-state index contributed by atoms with van der Waals surface area (Å²) in [5.41, 5.74) is 0. The van der Waals surface area contributed by atoms with E-state index in [0.29, 0.717) is 12.2 Å². The molecule has 0 spiro atoms. The maximum Gasteiger partial charge on any atom is 0.329 e. The summed E-state index contributed by atoms with van der Waals surface area (Å²) < 4.78 is 9.81. The van der Waals surface area contributed by atoms with Crippen LogP contribution in [-0.4, -0.2) is 42.2 Å². The maximum absolute atomic E-state index is 11.4. The lowest BCUT2D eigenvalue weighted by Crippen LogP contribution is -2.36. The molecule has 1 aliphatic rings. The van der Waals surface area contributed by atoms with Gasteiger partial charge in [0.1, 0.15) is 19.3 Å². The van der Waals surface area contributed by atoms with Gasteiger partial charge in [0, 0.05) is 5.75 Å². The summed E-state index contributed by atoms with van der Waals surface area (Å²) in [6, 6.07) is -0.590. The number of nitrogens with one attached hydrogen (secondary N) is 1. The molecule has 102 valence electrons. The van der Waals surface area contributed by atoms with Crippen LogP contribution in [0.15, 0.2) is 0 Å². The molecule has 2 atom stereocenters.